The summed E-state index contributed by atoms with van der Waals surface area (Å²) in [6.45, 7) is 1.69. The minimum atomic E-state index is -1.11. The Bertz CT molecular complexity index is 1070. The lowest BCUT2D eigenvalue weighted by Gasteiger charge is -2.13. The minimum Gasteiger partial charge on any atom is -0.490 e. The molecule has 1 aliphatic rings. The van der Waals surface area contributed by atoms with Crippen LogP contribution in [-0.2, 0) is 16.1 Å². The van der Waals surface area contributed by atoms with Crippen LogP contribution in [-0.4, -0.2) is 40.3 Å². The fourth-order valence-corrected chi connectivity index (χ4v) is 3.91. The first-order valence-electron chi connectivity index (χ1n) is 9.09. The lowest BCUT2D eigenvalue weighted by Crippen LogP contribution is -2.27. The van der Waals surface area contributed by atoms with Crippen LogP contribution in [0.1, 0.15) is 18.1 Å². The van der Waals surface area contributed by atoms with Crippen LogP contribution in [0.5, 0.6) is 11.5 Å². The highest BCUT2D eigenvalue weighted by Crippen LogP contribution is 2.36. The number of imide groups is 1. The van der Waals surface area contributed by atoms with Crippen molar-refractivity contribution < 1.29 is 29.0 Å². The molecule has 1 aliphatic heterocycles. The molecule has 0 aromatic heterocycles. The first-order chi connectivity index (χ1) is 14.8. The zero-order valence-corrected chi connectivity index (χ0v) is 18.6. The molecule has 31 heavy (non-hydrogen) atoms. The van der Waals surface area contributed by atoms with Crippen molar-refractivity contribution in [3.63, 3.8) is 0 Å². The summed E-state index contributed by atoms with van der Waals surface area (Å²) in [6.07, 6.45) is 1.57. The average Bonchev–Trinajstić information content (AvgIpc) is 2.97. The van der Waals surface area contributed by atoms with Crippen molar-refractivity contribution in [2.24, 2.45) is 0 Å². The SMILES string of the molecule is CCOc1cc(/C=C2\SC(=O)N(Cc3ccc(Cl)c(Cl)c3)C2=O)ccc1OCC(=O)O. The van der Waals surface area contributed by atoms with Gasteiger partial charge in [0.05, 0.1) is 28.1 Å². The van der Waals surface area contributed by atoms with Crippen LogP contribution in [0.15, 0.2) is 41.3 Å². The molecule has 3 rings (SSSR count). The van der Waals surface area contributed by atoms with Gasteiger partial charge in [-0.05, 0) is 60.2 Å². The lowest BCUT2D eigenvalue weighted by atomic mass is 10.1. The molecule has 0 spiro atoms. The van der Waals surface area contributed by atoms with Gasteiger partial charge in [-0.25, -0.2) is 4.79 Å². The first kappa shape index (κ1) is 23.0. The van der Waals surface area contributed by atoms with E-state index in [1.54, 1.807) is 49.4 Å². The highest BCUT2D eigenvalue weighted by atomic mass is 35.5. The van der Waals surface area contributed by atoms with Crippen molar-refractivity contribution in [3.8, 4) is 11.5 Å². The number of hydrogen-bond donors (Lipinski definition) is 1. The van der Waals surface area contributed by atoms with E-state index >= 15 is 0 Å². The van der Waals surface area contributed by atoms with Gasteiger partial charge >= 0.3 is 5.97 Å². The van der Waals surface area contributed by atoms with Crippen LogP contribution < -0.4 is 9.47 Å². The second kappa shape index (κ2) is 10.1. The third kappa shape index (κ3) is 5.72. The molecule has 2 amide bonds. The molecule has 0 saturated carbocycles. The van der Waals surface area contributed by atoms with Gasteiger partial charge in [0.25, 0.3) is 11.1 Å². The number of thioether (sulfide) groups is 1. The maximum absolute atomic E-state index is 12.8. The summed E-state index contributed by atoms with van der Waals surface area (Å²) in [7, 11) is 0. The van der Waals surface area contributed by atoms with E-state index < -0.39 is 23.7 Å². The van der Waals surface area contributed by atoms with Crippen LogP contribution in [0.25, 0.3) is 6.08 Å². The van der Waals surface area contributed by atoms with Crippen molar-refractivity contribution in [2.45, 2.75) is 13.5 Å². The average molecular weight is 482 g/mol. The molecule has 2 aromatic carbocycles. The van der Waals surface area contributed by atoms with Crippen LogP contribution in [0.4, 0.5) is 4.79 Å². The van der Waals surface area contributed by atoms with E-state index in [1.807, 2.05) is 0 Å². The lowest BCUT2D eigenvalue weighted by molar-refractivity contribution is -0.139. The zero-order valence-electron chi connectivity index (χ0n) is 16.3. The van der Waals surface area contributed by atoms with E-state index in [2.05, 4.69) is 0 Å². The number of nitrogens with zero attached hydrogens (tertiary/aromatic N) is 1. The molecule has 0 aliphatic carbocycles. The molecule has 0 bridgehead atoms. The van der Waals surface area contributed by atoms with Crippen LogP contribution in [0, 0.1) is 0 Å². The summed E-state index contributed by atoms with van der Waals surface area (Å²) in [4.78, 5) is 37.3. The molecule has 2 aromatic rings. The molecule has 1 fully saturated rings. The second-order valence-electron chi connectivity index (χ2n) is 6.34. The Balaban J connectivity index is 1.80. The summed E-state index contributed by atoms with van der Waals surface area (Å²) in [5, 5.41) is 9.12. The number of benzene rings is 2. The molecule has 0 radical (unpaired) electrons. The number of carboxylic acid groups (broad SMARTS) is 1. The molecule has 1 heterocycles. The number of aliphatic carboxylic acids is 1. The van der Waals surface area contributed by atoms with E-state index in [4.69, 9.17) is 37.8 Å². The van der Waals surface area contributed by atoms with Gasteiger partial charge in [0.2, 0.25) is 0 Å². The molecule has 1 N–H and O–H groups in total. The largest absolute Gasteiger partial charge is 0.490 e. The van der Waals surface area contributed by atoms with E-state index in [9.17, 15) is 14.4 Å². The van der Waals surface area contributed by atoms with Gasteiger partial charge in [0.15, 0.2) is 18.1 Å². The quantitative estimate of drug-likeness (QED) is 0.524. The molecule has 10 heteroatoms. The topological polar surface area (TPSA) is 93.1 Å². The Hall–Kier alpha value is -2.68. The minimum absolute atomic E-state index is 0.0745. The number of rotatable bonds is 8. The molecular formula is C21H17Cl2NO6S. The summed E-state index contributed by atoms with van der Waals surface area (Å²) in [5.41, 5.74) is 1.28. The number of carbonyl (C=O) groups excluding carboxylic acids is 2. The summed E-state index contributed by atoms with van der Waals surface area (Å²) in [6, 6.07) is 9.74. The van der Waals surface area contributed by atoms with Gasteiger partial charge in [-0.1, -0.05) is 35.3 Å². The van der Waals surface area contributed by atoms with Crippen molar-refractivity contribution in [1.82, 2.24) is 4.90 Å². The summed E-state index contributed by atoms with van der Waals surface area (Å²) < 4.78 is 10.7. The number of carbonyl (C=O) groups is 3. The van der Waals surface area contributed by atoms with Gasteiger partial charge < -0.3 is 14.6 Å². The van der Waals surface area contributed by atoms with E-state index in [0.717, 1.165) is 16.7 Å². The smallest absolute Gasteiger partial charge is 0.341 e. The number of carboxylic acids is 1. The second-order valence-corrected chi connectivity index (χ2v) is 8.15. The molecule has 1 saturated heterocycles. The summed E-state index contributed by atoms with van der Waals surface area (Å²) >= 11 is 12.7. The Labute approximate surface area is 192 Å². The molecular weight excluding hydrogens is 465 g/mol. The predicted octanol–water partition coefficient (Wildman–Crippen LogP) is 5.09. The fourth-order valence-electron chi connectivity index (χ4n) is 2.75. The molecule has 7 nitrogen and oxygen atoms in total. The van der Waals surface area contributed by atoms with E-state index in [-0.39, 0.29) is 17.2 Å². The highest BCUT2D eigenvalue weighted by Gasteiger charge is 2.35. The van der Waals surface area contributed by atoms with Crippen molar-refractivity contribution >= 4 is 58.2 Å². The third-order valence-electron chi connectivity index (χ3n) is 4.11. The number of amides is 2. The van der Waals surface area contributed by atoms with E-state index in [1.165, 1.54) is 0 Å². The van der Waals surface area contributed by atoms with Crippen molar-refractivity contribution in [1.29, 1.82) is 0 Å². The predicted molar refractivity (Wildman–Crippen MR) is 119 cm³/mol. The first-order valence-corrected chi connectivity index (χ1v) is 10.7. The Morgan fingerprint density at radius 2 is 1.87 bits per heavy atom. The fraction of sp³-hybridized carbons (Fsp3) is 0.190. The van der Waals surface area contributed by atoms with Crippen LogP contribution in [0.3, 0.4) is 0 Å². The monoisotopic (exact) mass is 481 g/mol. The van der Waals surface area contributed by atoms with Crippen LogP contribution >= 0.6 is 35.0 Å². The Morgan fingerprint density at radius 3 is 2.55 bits per heavy atom. The third-order valence-corrected chi connectivity index (χ3v) is 5.76. The van der Waals surface area contributed by atoms with Gasteiger partial charge in [-0.3, -0.25) is 14.5 Å². The zero-order chi connectivity index (χ0) is 22.5. The number of halogens is 2. The standard InChI is InChI=1S/C21H17Cl2NO6S/c1-2-29-17-8-12(4-6-16(17)30-11-19(25)26)9-18-20(27)24(21(28)31-18)10-13-3-5-14(22)15(23)7-13/h3-9H,2,10-11H2,1H3,(H,25,26)/b18-9-. The van der Waals surface area contributed by atoms with Gasteiger partial charge in [0, 0.05) is 0 Å². The van der Waals surface area contributed by atoms with Crippen molar-refractivity contribution in [2.75, 3.05) is 13.2 Å². The molecule has 0 unspecified atom stereocenters. The van der Waals surface area contributed by atoms with E-state index in [0.29, 0.717) is 33.5 Å². The molecule has 162 valence electrons. The maximum atomic E-state index is 12.8. The number of hydrogen-bond acceptors (Lipinski definition) is 6. The molecule has 0 atom stereocenters. The van der Waals surface area contributed by atoms with Crippen molar-refractivity contribution in [3.05, 3.63) is 62.5 Å². The maximum Gasteiger partial charge on any atom is 0.341 e. The Morgan fingerprint density at radius 1 is 1.10 bits per heavy atom. The van der Waals surface area contributed by atoms with Crippen LogP contribution in [0.2, 0.25) is 10.0 Å². The van der Waals surface area contributed by atoms with Gasteiger partial charge in [-0.15, -0.1) is 0 Å². The van der Waals surface area contributed by atoms with Gasteiger partial charge in [-0.2, -0.15) is 0 Å². The normalized spacial score (nSPS) is 14.9. The highest BCUT2D eigenvalue weighted by molar-refractivity contribution is 8.18. The summed E-state index contributed by atoms with van der Waals surface area (Å²) in [5.74, 6) is -0.922. The Kier molecular flexibility index (Phi) is 7.48. The number of ether oxygens (including phenoxy) is 2. The van der Waals surface area contributed by atoms with Gasteiger partial charge in [0.1, 0.15) is 0 Å².